The maximum atomic E-state index is 5.70. The first-order valence-corrected chi connectivity index (χ1v) is 5.44. The van der Waals surface area contributed by atoms with Crippen LogP contribution >= 0.6 is 0 Å². The highest BCUT2D eigenvalue weighted by atomic mass is 16.5. The van der Waals surface area contributed by atoms with Gasteiger partial charge >= 0.3 is 0 Å². The summed E-state index contributed by atoms with van der Waals surface area (Å²) < 4.78 is 9.21. The van der Waals surface area contributed by atoms with E-state index in [1.807, 2.05) is 23.8 Å². The molecule has 0 aliphatic heterocycles. The Balaban J connectivity index is 2.06. The van der Waals surface area contributed by atoms with Crippen LogP contribution in [0.15, 0.2) is 31.0 Å². The Bertz CT molecular complexity index is 686. The number of aromatic nitrogens is 5. The number of rotatable bonds is 3. The van der Waals surface area contributed by atoms with E-state index in [0.29, 0.717) is 23.1 Å². The zero-order valence-corrected chi connectivity index (χ0v) is 10.0. The van der Waals surface area contributed by atoms with Crippen LogP contribution in [0.1, 0.15) is 0 Å². The minimum absolute atomic E-state index is 0.444. The SMILES string of the molecule is CNc1cn2ccnc2c(Oc2cnn(C)c2)n1. The second kappa shape index (κ2) is 4.02. The van der Waals surface area contributed by atoms with Gasteiger partial charge in [0.05, 0.1) is 18.6 Å². The van der Waals surface area contributed by atoms with Crippen LogP contribution in [0.2, 0.25) is 0 Å². The molecular weight excluding hydrogens is 232 g/mol. The number of hydrogen-bond acceptors (Lipinski definition) is 5. The van der Waals surface area contributed by atoms with E-state index in [4.69, 9.17) is 4.74 Å². The average molecular weight is 244 g/mol. The molecule has 1 N–H and O–H groups in total. The molecular formula is C11H12N6O. The first-order valence-electron chi connectivity index (χ1n) is 5.44. The molecule has 18 heavy (non-hydrogen) atoms. The van der Waals surface area contributed by atoms with Gasteiger partial charge in [-0.05, 0) is 0 Å². The normalized spacial score (nSPS) is 10.8. The fourth-order valence-electron chi connectivity index (χ4n) is 1.65. The highest BCUT2D eigenvalue weighted by molar-refractivity contribution is 5.54. The Labute approximate surface area is 103 Å². The topological polar surface area (TPSA) is 69.3 Å². The van der Waals surface area contributed by atoms with Crippen molar-refractivity contribution in [2.24, 2.45) is 7.05 Å². The van der Waals surface area contributed by atoms with Crippen LogP contribution in [0.25, 0.3) is 5.65 Å². The second-order valence-electron chi connectivity index (χ2n) is 3.79. The summed E-state index contributed by atoms with van der Waals surface area (Å²) in [4.78, 5) is 8.56. The lowest BCUT2D eigenvalue weighted by molar-refractivity contribution is 0.465. The largest absolute Gasteiger partial charge is 0.432 e. The van der Waals surface area contributed by atoms with Gasteiger partial charge in [0.2, 0.25) is 5.65 Å². The van der Waals surface area contributed by atoms with Crippen LogP contribution in [0.4, 0.5) is 5.82 Å². The fraction of sp³-hybridized carbons (Fsp3) is 0.182. The highest BCUT2D eigenvalue weighted by Crippen LogP contribution is 2.24. The minimum Gasteiger partial charge on any atom is -0.432 e. The Morgan fingerprint density at radius 2 is 2.22 bits per heavy atom. The molecule has 0 aliphatic rings. The minimum atomic E-state index is 0.444. The van der Waals surface area contributed by atoms with E-state index in [9.17, 15) is 0 Å². The molecule has 0 unspecified atom stereocenters. The quantitative estimate of drug-likeness (QED) is 0.752. The summed E-state index contributed by atoms with van der Waals surface area (Å²) in [5, 5.41) is 7.02. The van der Waals surface area contributed by atoms with Crippen LogP contribution in [0, 0.1) is 0 Å². The van der Waals surface area contributed by atoms with Crippen molar-refractivity contribution < 1.29 is 4.74 Å². The van der Waals surface area contributed by atoms with Gasteiger partial charge in [-0.15, -0.1) is 0 Å². The summed E-state index contributed by atoms with van der Waals surface area (Å²) >= 11 is 0. The summed E-state index contributed by atoms with van der Waals surface area (Å²) in [6.45, 7) is 0. The van der Waals surface area contributed by atoms with Crippen molar-refractivity contribution in [3.8, 4) is 11.6 Å². The van der Waals surface area contributed by atoms with Crippen molar-refractivity contribution in [2.75, 3.05) is 12.4 Å². The maximum absolute atomic E-state index is 5.70. The molecule has 0 saturated heterocycles. The summed E-state index contributed by atoms with van der Waals surface area (Å²) in [5.41, 5.74) is 0.665. The summed E-state index contributed by atoms with van der Waals surface area (Å²) in [5.74, 6) is 1.78. The van der Waals surface area contributed by atoms with Crippen molar-refractivity contribution in [3.05, 3.63) is 31.0 Å². The van der Waals surface area contributed by atoms with E-state index in [1.165, 1.54) is 0 Å². The number of fused-ring (bicyclic) bond motifs is 1. The fourth-order valence-corrected chi connectivity index (χ4v) is 1.65. The molecule has 0 radical (unpaired) electrons. The number of imidazole rings is 1. The molecule has 0 aliphatic carbocycles. The molecule has 0 spiro atoms. The predicted octanol–water partition coefficient (Wildman–Crippen LogP) is 1.30. The maximum Gasteiger partial charge on any atom is 0.265 e. The lowest BCUT2D eigenvalue weighted by atomic mass is 10.6. The predicted molar refractivity (Wildman–Crippen MR) is 65.8 cm³/mol. The molecule has 7 nitrogen and oxygen atoms in total. The van der Waals surface area contributed by atoms with Gasteiger partial charge in [0.25, 0.3) is 5.88 Å². The van der Waals surface area contributed by atoms with Crippen LogP contribution in [-0.2, 0) is 7.05 Å². The van der Waals surface area contributed by atoms with Gasteiger partial charge < -0.3 is 10.1 Å². The van der Waals surface area contributed by atoms with Crippen molar-refractivity contribution in [1.29, 1.82) is 0 Å². The van der Waals surface area contributed by atoms with E-state index in [0.717, 1.165) is 0 Å². The summed E-state index contributed by atoms with van der Waals surface area (Å²) in [6, 6.07) is 0. The number of nitrogens with one attached hydrogen (secondary N) is 1. The van der Waals surface area contributed by atoms with E-state index in [2.05, 4.69) is 20.4 Å². The van der Waals surface area contributed by atoms with Crippen LogP contribution < -0.4 is 10.1 Å². The third-order valence-electron chi connectivity index (χ3n) is 2.50. The number of anilines is 1. The Hall–Kier alpha value is -2.57. The zero-order valence-electron chi connectivity index (χ0n) is 10.0. The molecule has 3 aromatic heterocycles. The first-order chi connectivity index (χ1) is 8.76. The van der Waals surface area contributed by atoms with Crippen LogP contribution in [0.3, 0.4) is 0 Å². The van der Waals surface area contributed by atoms with E-state index < -0.39 is 0 Å². The molecule has 0 fully saturated rings. The lowest BCUT2D eigenvalue weighted by Gasteiger charge is -2.06. The van der Waals surface area contributed by atoms with Crippen molar-refractivity contribution in [1.82, 2.24) is 24.1 Å². The van der Waals surface area contributed by atoms with Crippen molar-refractivity contribution >= 4 is 11.5 Å². The molecule has 0 saturated carbocycles. The number of hydrogen-bond donors (Lipinski definition) is 1. The van der Waals surface area contributed by atoms with Gasteiger partial charge in [0.15, 0.2) is 5.75 Å². The van der Waals surface area contributed by atoms with Gasteiger partial charge in [0, 0.05) is 26.5 Å². The van der Waals surface area contributed by atoms with Crippen molar-refractivity contribution in [3.63, 3.8) is 0 Å². The monoisotopic (exact) mass is 244 g/mol. The number of ether oxygens (including phenoxy) is 1. The Kier molecular flexibility index (Phi) is 2.36. The van der Waals surface area contributed by atoms with Gasteiger partial charge in [-0.3, -0.25) is 9.08 Å². The van der Waals surface area contributed by atoms with Crippen LogP contribution in [0.5, 0.6) is 11.6 Å². The third kappa shape index (κ3) is 1.75. The average Bonchev–Trinajstić information content (AvgIpc) is 2.98. The third-order valence-corrected chi connectivity index (χ3v) is 2.50. The molecule has 7 heteroatoms. The first kappa shape index (κ1) is 10.6. The molecule has 0 atom stereocenters. The summed E-state index contributed by atoms with van der Waals surface area (Å²) in [6.07, 6.45) is 8.79. The summed E-state index contributed by atoms with van der Waals surface area (Å²) in [7, 11) is 3.63. The van der Waals surface area contributed by atoms with E-state index >= 15 is 0 Å². The lowest BCUT2D eigenvalue weighted by Crippen LogP contribution is -1.99. The van der Waals surface area contributed by atoms with Gasteiger partial charge in [-0.1, -0.05) is 0 Å². The zero-order chi connectivity index (χ0) is 12.5. The highest BCUT2D eigenvalue weighted by Gasteiger charge is 2.10. The van der Waals surface area contributed by atoms with Crippen molar-refractivity contribution in [2.45, 2.75) is 0 Å². The number of aryl methyl sites for hydroxylation is 1. The molecule has 0 bridgehead atoms. The molecule has 3 rings (SSSR count). The van der Waals surface area contributed by atoms with Gasteiger partial charge in [0.1, 0.15) is 5.82 Å². The smallest absolute Gasteiger partial charge is 0.265 e. The number of nitrogens with zero attached hydrogens (tertiary/aromatic N) is 5. The Morgan fingerprint density at radius 1 is 1.33 bits per heavy atom. The Morgan fingerprint density at radius 3 is 2.94 bits per heavy atom. The standard InChI is InChI=1S/C11H12N6O/c1-12-9-7-17-4-3-13-10(17)11(15-9)18-8-5-14-16(2)6-8/h3-7,12H,1-2H3. The molecule has 3 heterocycles. The van der Waals surface area contributed by atoms with E-state index in [-0.39, 0.29) is 0 Å². The van der Waals surface area contributed by atoms with E-state index in [1.54, 1.807) is 30.3 Å². The molecule has 0 aromatic carbocycles. The molecule has 0 amide bonds. The molecule has 3 aromatic rings. The van der Waals surface area contributed by atoms with Gasteiger partial charge in [-0.2, -0.15) is 10.1 Å². The molecule has 92 valence electrons. The van der Waals surface area contributed by atoms with Crippen LogP contribution in [-0.4, -0.2) is 31.2 Å². The second-order valence-corrected chi connectivity index (χ2v) is 3.79. The van der Waals surface area contributed by atoms with Gasteiger partial charge in [-0.25, -0.2) is 4.98 Å².